The lowest BCUT2D eigenvalue weighted by Crippen LogP contribution is -2.29. The number of phenolic OH excluding ortho intramolecular Hbond substituents is 1. The van der Waals surface area contributed by atoms with E-state index in [0.717, 1.165) is 0 Å². The summed E-state index contributed by atoms with van der Waals surface area (Å²) in [5.41, 5.74) is 0.901. The van der Waals surface area contributed by atoms with Gasteiger partial charge in [-0.2, -0.15) is 0 Å². The molecule has 1 atom stereocenters. The Morgan fingerprint density at radius 3 is 2.36 bits per heavy atom. The van der Waals surface area contributed by atoms with Crippen LogP contribution >= 0.6 is 0 Å². The number of carbonyl (C=O) groups excluding carboxylic acids is 2. The van der Waals surface area contributed by atoms with Gasteiger partial charge in [0.2, 0.25) is 0 Å². The van der Waals surface area contributed by atoms with E-state index < -0.39 is 17.7 Å². The molecule has 0 bridgehead atoms. The summed E-state index contributed by atoms with van der Waals surface area (Å²) in [6.45, 7) is 1.67. The lowest BCUT2D eigenvalue weighted by Gasteiger charge is -2.22. The maximum atomic E-state index is 12.8. The molecule has 0 aliphatic carbocycles. The lowest BCUT2D eigenvalue weighted by molar-refractivity contribution is -0.132. The number of hydrogen-bond donors (Lipinski definition) is 2. The number of anilines is 1. The second kappa shape index (κ2) is 6.70. The van der Waals surface area contributed by atoms with E-state index in [-0.39, 0.29) is 22.9 Å². The second-order valence-electron chi connectivity index (χ2n) is 6.42. The van der Waals surface area contributed by atoms with Crippen LogP contribution < -0.4 is 4.90 Å². The van der Waals surface area contributed by atoms with Crippen LogP contribution in [0, 0.1) is 6.92 Å². The number of hydrogen-bond acceptors (Lipinski definition) is 6. The van der Waals surface area contributed by atoms with Crippen molar-refractivity contribution in [2.75, 3.05) is 4.90 Å². The molecule has 1 amide bonds. The molecule has 1 fully saturated rings. The monoisotopic (exact) mass is 376 g/mol. The highest BCUT2D eigenvalue weighted by molar-refractivity contribution is 6.51. The van der Waals surface area contributed by atoms with Crippen LogP contribution in [0.4, 0.5) is 5.82 Å². The maximum absolute atomic E-state index is 12.8. The van der Waals surface area contributed by atoms with Gasteiger partial charge in [-0.05, 0) is 24.6 Å². The summed E-state index contributed by atoms with van der Waals surface area (Å²) in [6.07, 6.45) is 0. The molecule has 0 saturated carbocycles. The van der Waals surface area contributed by atoms with Gasteiger partial charge in [-0.1, -0.05) is 47.6 Å². The third kappa shape index (κ3) is 2.83. The van der Waals surface area contributed by atoms with Crippen molar-refractivity contribution in [3.05, 3.63) is 83.1 Å². The summed E-state index contributed by atoms with van der Waals surface area (Å²) in [5.74, 6) is -1.22. The fourth-order valence-corrected chi connectivity index (χ4v) is 3.26. The minimum Gasteiger partial charge on any atom is -0.508 e. The van der Waals surface area contributed by atoms with Crippen LogP contribution in [0.1, 0.15) is 22.9 Å². The molecule has 7 nitrogen and oxygen atoms in total. The summed E-state index contributed by atoms with van der Waals surface area (Å²) in [5, 5.41) is 24.3. The number of phenols is 1. The predicted octanol–water partition coefficient (Wildman–Crippen LogP) is 3.31. The average molecular weight is 376 g/mol. The van der Waals surface area contributed by atoms with E-state index >= 15 is 0 Å². The molecule has 1 aliphatic heterocycles. The van der Waals surface area contributed by atoms with Gasteiger partial charge in [0.1, 0.15) is 17.3 Å². The van der Waals surface area contributed by atoms with Crippen LogP contribution in [-0.2, 0) is 9.59 Å². The van der Waals surface area contributed by atoms with Gasteiger partial charge < -0.3 is 14.7 Å². The number of aliphatic hydroxyl groups excluding tert-OH is 1. The zero-order valence-electron chi connectivity index (χ0n) is 14.9. The molecule has 0 radical (unpaired) electrons. The number of aromatic nitrogens is 1. The molecule has 28 heavy (non-hydrogen) atoms. The molecule has 1 saturated heterocycles. The maximum Gasteiger partial charge on any atom is 0.301 e. The van der Waals surface area contributed by atoms with Crippen molar-refractivity contribution in [1.82, 2.24) is 5.16 Å². The zero-order chi connectivity index (χ0) is 19.8. The third-order valence-corrected chi connectivity index (χ3v) is 4.56. The average Bonchev–Trinajstić information content (AvgIpc) is 3.24. The minimum atomic E-state index is -0.912. The summed E-state index contributed by atoms with van der Waals surface area (Å²) in [7, 11) is 0. The fraction of sp³-hybridized carbons (Fsp3) is 0.0952. The van der Waals surface area contributed by atoms with E-state index in [9.17, 15) is 19.8 Å². The molecule has 2 aromatic carbocycles. The third-order valence-electron chi connectivity index (χ3n) is 4.56. The Morgan fingerprint density at radius 1 is 1.07 bits per heavy atom. The van der Waals surface area contributed by atoms with E-state index in [1.807, 2.05) is 0 Å². The lowest BCUT2D eigenvalue weighted by atomic mass is 9.95. The number of carbonyl (C=O) groups is 2. The highest BCUT2D eigenvalue weighted by Gasteiger charge is 2.48. The first-order valence-electron chi connectivity index (χ1n) is 8.56. The van der Waals surface area contributed by atoms with Crippen LogP contribution in [0.15, 0.2) is 70.8 Å². The van der Waals surface area contributed by atoms with Gasteiger partial charge in [-0.15, -0.1) is 0 Å². The Kier molecular flexibility index (Phi) is 4.19. The number of ketones is 1. The highest BCUT2D eigenvalue weighted by Crippen LogP contribution is 2.42. The largest absolute Gasteiger partial charge is 0.508 e. The van der Waals surface area contributed by atoms with E-state index in [1.165, 1.54) is 17.0 Å². The van der Waals surface area contributed by atoms with Crippen LogP contribution in [0.2, 0.25) is 0 Å². The summed E-state index contributed by atoms with van der Waals surface area (Å²) in [4.78, 5) is 26.9. The molecule has 2 heterocycles. The molecule has 7 heteroatoms. The minimum absolute atomic E-state index is 0.0426. The molecular weight excluding hydrogens is 360 g/mol. The summed E-state index contributed by atoms with van der Waals surface area (Å²) in [6, 6.07) is 15.2. The molecule has 0 spiro atoms. The molecule has 1 aliphatic rings. The highest BCUT2D eigenvalue weighted by atomic mass is 16.5. The number of aliphatic hydroxyl groups is 1. The van der Waals surface area contributed by atoms with Gasteiger partial charge in [0.05, 0.1) is 11.6 Å². The van der Waals surface area contributed by atoms with Crippen LogP contribution in [0.3, 0.4) is 0 Å². The Morgan fingerprint density at radius 2 is 1.75 bits per heavy atom. The molecule has 140 valence electrons. The normalized spacial score (nSPS) is 18.6. The molecule has 0 unspecified atom stereocenters. The first kappa shape index (κ1) is 17.5. The Bertz CT molecular complexity index is 1080. The van der Waals surface area contributed by atoms with E-state index in [1.54, 1.807) is 55.5 Å². The van der Waals surface area contributed by atoms with Crippen molar-refractivity contribution < 1.29 is 24.3 Å². The van der Waals surface area contributed by atoms with Gasteiger partial charge in [0.15, 0.2) is 5.82 Å². The van der Waals surface area contributed by atoms with E-state index in [2.05, 4.69) is 5.16 Å². The molecule has 3 aromatic rings. The number of amides is 1. The second-order valence-corrected chi connectivity index (χ2v) is 6.42. The van der Waals surface area contributed by atoms with Crippen molar-refractivity contribution in [3.63, 3.8) is 0 Å². The number of Topliss-reactive ketones (excluding diaryl/α,β-unsaturated/α-hetero) is 1. The first-order chi connectivity index (χ1) is 13.5. The zero-order valence-corrected chi connectivity index (χ0v) is 14.9. The SMILES string of the molecule is Cc1cc(N2C(=O)C(=O)C(=C(O)c3ccccc3)[C@@H]2c2ccc(O)cc2)no1. The van der Waals surface area contributed by atoms with Crippen LogP contribution in [0.25, 0.3) is 5.76 Å². The van der Waals surface area contributed by atoms with Gasteiger partial charge in [-0.3, -0.25) is 14.5 Å². The van der Waals surface area contributed by atoms with Gasteiger partial charge in [0.25, 0.3) is 5.78 Å². The molecule has 2 N–H and O–H groups in total. The van der Waals surface area contributed by atoms with Crippen LogP contribution in [0.5, 0.6) is 5.75 Å². The van der Waals surface area contributed by atoms with Crippen molar-refractivity contribution in [2.45, 2.75) is 13.0 Å². The summed E-state index contributed by atoms with van der Waals surface area (Å²) < 4.78 is 5.07. The number of benzene rings is 2. The van der Waals surface area contributed by atoms with Gasteiger partial charge in [0, 0.05) is 11.6 Å². The number of nitrogens with zero attached hydrogens (tertiary/aromatic N) is 2. The van der Waals surface area contributed by atoms with Crippen molar-refractivity contribution in [3.8, 4) is 5.75 Å². The Balaban J connectivity index is 1.94. The first-order valence-corrected chi connectivity index (χ1v) is 8.56. The standard InChI is InChI=1S/C21H16N2O5/c1-12-11-16(22-28-12)23-18(13-7-9-15(24)10-8-13)17(20(26)21(23)27)19(25)14-5-3-2-4-6-14/h2-11,18,24-25H,1H3/t18-/m0/s1. The van der Waals surface area contributed by atoms with E-state index in [4.69, 9.17) is 4.52 Å². The topological polar surface area (TPSA) is 104 Å². The number of aryl methyl sites for hydroxylation is 1. The van der Waals surface area contributed by atoms with Crippen molar-refractivity contribution >= 4 is 23.3 Å². The predicted molar refractivity (Wildman–Crippen MR) is 101 cm³/mol. The number of aromatic hydroxyl groups is 1. The molecular formula is C21H16N2O5. The smallest absolute Gasteiger partial charge is 0.301 e. The number of rotatable bonds is 3. The Labute approximate surface area is 160 Å². The molecule has 1 aromatic heterocycles. The van der Waals surface area contributed by atoms with Crippen molar-refractivity contribution in [2.24, 2.45) is 0 Å². The van der Waals surface area contributed by atoms with Gasteiger partial charge >= 0.3 is 5.91 Å². The van der Waals surface area contributed by atoms with Gasteiger partial charge in [-0.25, -0.2) is 0 Å². The molecule has 4 rings (SSSR count). The fourth-order valence-electron chi connectivity index (χ4n) is 3.26. The quantitative estimate of drug-likeness (QED) is 0.413. The van der Waals surface area contributed by atoms with Crippen LogP contribution in [-0.4, -0.2) is 27.1 Å². The van der Waals surface area contributed by atoms with E-state index in [0.29, 0.717) is 16.9 Å². The summed E-state index contributed by atoms with van der Waals surface area (Å²) >= 11 is 0. The van der Waals surface area contributed by atoms with Crippen molar-refractivity contribution in [1.29, 1.82) is 0 Å². The Hall–Kier alpha value is -3.87.